The number of rotatable bonds is 18. The second-order valence-electron chi connectivity index (χ2n) is 9.60. The first kappa shape index (κ1) is 37.2. The molecular formula is C24H41N5O12. The largest absolute Gasteiger partial charge is 0.480 e. The third-order valence-electron chi connectivity index (χ3n) is 5.84. The number of hydrogen-bond acceptors (Lipinski definition) is 11. The van der Waals surface area contributed by atoms with Crippen LogP contribution in [0.2, 0.25) is 0 Å². The van der Waals surface area contributed by atoms with Crippen LogP contribution in [0.3, 0.4) is 0 Å². The summed E-state index contributed by atoms with van der Waals surface area (Å²) in [7, 11) is 0. The van der Waals surface area contributed by atoms with E-state index in [2.05, 4.69) is 21.3 Å². The van der Waals surface area contributed by atoms with Crippen LogP contribution in [0.5, 0.6) is 0 Å². The van der Waals surface area contributed by atoms with E-state index in [1.807, 2.05) is 0 Å². The van der Waals surface area contributed by atoms with E-state index in [4.69, 9.17) is 15.6 Å². The van der Waals surface area contributed by atoms with Crippen molar-refractivity contribution in [2.45, 2.75) is 96.4 Å². The van der Waals surface area contributed by atoms with Crippen molar-refractivity contribution in [2.75, 3.05) is 6.61 Å². The Morgan fingerprint density at radius 1 is 0.878 bits per heavy atom. The zero-order valence-corrected chi connectivity index (χ0v) is 23.6. The van der Waals surface area contributed by atoms with Gasteiger partial charge in [-0.1, -0.05) is 20.8 Å². The Morgan fingerprint density at radius 2 is 1.46 bits per heavy atom. The van der Waals surface area contributed by atoms with Gasteiger partial charge >= 0.3 is 12.1 Å². The molecule has 0 spiro atoms. The number of hydrogen-bond donors (Lipinski definition) is 9. The van der Waals surface area contributed by atoms with Crippen LogP contribution in [-0.2, 0) is 33.5 Å². The molecule has 0 aromatic carbocycles. The second kappa shape index (κ2) is 17.8. The molecule has 0 radical (unpaired) electrons. The number of carboxylic acids is 1. The van der Waals surface area contributed by atoms with Crippen molar-refractivity contribution >= 4 is 41.5 Å². The number of ketones is 1. The number of amides is 5. The van der Waals surface area contributed by atoms with Crippen LogP contribution in [0, 0.1) is 5.92 Å². The molecule has 3 unspecified atom stereocenters. The molecule has 0 saturated carbocycles. The first-order valence-electron chi connectivity index (χ1n) is 12.8. The summed E-state index contributed by atoms with van der Waals surface area (Å²) in [6.45, 7) is 5.80. The predicted molar refractivity (Wildman–Crippen MR) is 140 cm³/mol. The highest BCUT2D eigenvalue weighted by Gasteiger charge is 2.40. The van der Waals surface area contributed by atoms with E-state index < -0.39 is 96.5 Å². The van der Waals surface area contributed by atoms with Crippen molar-refractivity contribution < 1.29 is 58.7 Å². The Balaban J connectivity index is 5.46. The molecule has 10 N–H and O–H groups in total. The lowest BCUT2D eigenvalue weighted by Crippen LogP contribution is -2.59. The number of Topliss-reactive ketones (excluding diaryl/α,β-unsaturated/α-hetero) is 1. The number of aliphatic hydroxyl groups excluding tert-OH is 3. The van der Waals surface area contributed by atoms with Crippen LogP contribution in [0.1, 0.15) is 53.9 Å². The molecule has 0 aliphatic carbocycles. The average Bonchev–Trinajstić information content (AvgIpc) is 2.89. The molecule has 41 heavy (non-hydrogen) atoms. The number of alkyl carbamates (subject to hydrolysis) is 1. The third kappa shape index (κ3) is 12.9. The number of carbonyl (C=O) groups is 7. The minimum Gasteiger partial charge on any atom is -0.480 e. The monoisotopic (exact) mass is 591 g/mol. The van der Waals surface area contributed by atoms with Gasteiger partial charge in [-0.2, -0.15) is 0 Å². The molecule has 17 heteroatoms. The van der Waals surface area contributed by atoms with Crippen LogP contribution < -0.4 is 27.0 Å². The molecule has 0 fully saturated rings. The summed E-state index contributed by atoms with van der Waals surface area (Å²) < 4.78 is 5.08. The lowest BCUT2D eigenvalue weighted by Gasteiger charge is -2.32. The molecule has 7 atom stereocenters. The van der Waals surface area contributed by atoms with Gasteiger partial charge in [0.1, 0.15) is 36.4 Å². The van der Waals surface area contributed by atoms with Crippen molar-refractivity contribution in [3.8, 4) is 0 Å². The van der Waals surface area contributed by atoms with Gasteiger partial charge in [0.05, 0.1) is 6.61 Å². The Labute approximate surface area is 236 Å². The molecular weight excluding hydrogens is 550 g/mol. The highest BCUT2D eigenvalue weighted by atomic mass is 16.6. The van der Waals surface area contributed by atoms with Gasteiger partial charge in [0.25, 0.3) is 0 Å². The topological polar surface area (TPSA) is 284 Å². The van der Waals surface area contributed by atoms with E-state index in [0.29, 0.717) is 0 Å². The first-order valence-corrected chi connectivity index (χ1v) is 12.8. The molecule has 0 saturated heterocycles. The standard InChI is InChI=1S/C24H41N5O12/c1-6-13(23(38)39)27-16(33)8-7-14(20(25)35)28-22(37)11(4)26-24(40)41-19(18(34)15(32)9-30)17(12(5)31)29-21(36)10(2)3/h10-11,13-15,17-19,30,32,34H,6-9H2,1-5H3,(H2,25,35)(H,26,40)(H,27,33)(H,28,37)(H,29,36)(H,38,39)/t11?,13?,14?,15-,17+,18-,19-/m1/s1. The molecule has 0 aliphatic rings. The Hall–Kier alpha value is -3.83. The Kier molecular flexibility index (Phi) is 16.1. The van der Waals surface area contributed by atoms with E-state index in [1.54, 1.807) is 6.92 Å². The summed E-state index contributed by atoms with van der Waals surface area (Å²) in [5.74, 6) is -5.92. The zero-order chi connectivity index (χ0) is 32.0. The molecule has 0 heterocycles. The average molecular weight is 592 g/mol. The second-order valence-corrected chi connectivity index (χ2v) is 9.60. The number of aliphatic carboxylic acids is 1. The van der Waals surface area contributed by atoms with Crippen LogP contribution >= 0.6 is 0 Å². The van der Waals surface area contributed by atoms with Gasteiger partial charge in [0.15, 0.2) is 11.9 Å². The predicted octanol–water partition coefficient (Wildman–Crippen LogP) is -3.36. The summed E-state index contributed by atoms with van der Waals surface area (Å²) in [5.41, 5.74) is 5.28. The van der Waals surface area contributed by atoms with Gasteiger partial charge < -0.3 is 52.2 Å². The minimum absolute atomic E-state index is 0.116. The van der Waals surface area contributed by atoms with Gasteiger partial charge in [-0.15, -0.1) is 0 Å². The number of nitrogens with one attached hydrogen (secondary N) is 4. The number of aliphatic hydroxyl groups is 3. The van der Waals surface area contributed by atoms with Gasteiger partial charge in [-0.05, 0) is 26.7 Å². The van der Waals surface area contributed by atoms with Gasteiger partial charge in [-0.25, -0.2) is 9.59 Å². The molecule has 0 bridgehead atoms. The summed E-state index contributed by atoms with van der Waals surface area (Å²) in [5, 5.41) is 47.4. The fourth-order valence-corrected chi connectivity index (χ4v) is 3.26. The lowest BCUT2D eigenvalue weighted by atomic mass is 9.97. The minimum atomic E-state index is -2.03. The molecule has 0 rings (SSSR count). The summed E-state index contributed by atoms with van der Waals surface area (Å²) in [4.78, 5) is 84.4. The van der Waals surface area contributed by atoms with Gasteiger partial charge in [-0.3, -0.25) is 24.0 Å². The molecule has 5 amide bonds. The van der Waals surface area contributed by atoms with E-state index in [9.17, 15) is 48.9 Å². The SMILES string of the molecule is CCC(NC(=O)CCC(NC(=O)C(C)NC(=O)O[C@@H]([C@H](O)[C@H](O)CO)[C@@H](NC(=O)C(C)C)C(C)=O)C(N)=O)C(=O)O. The molecule has 0 aromatic rings. The number of carboxylic acid groups (broad SMARTS) is 1. The van der Waals surface area contributed by atoms with Crippen LogP contribution in [0.25, 0.3) is 0 Å². The van der Waals surface area contributed by atoms with Crippen molar-refractivity contribution in [2.24, 2.45) is 11.7 Å². The maximum Gasteiger partial charge on any atom is 0.408 e. The van der Waals surface area contributed by atoms with Crippen molar-refractivity contribution in [1.29, 1.82) is 0 Å². The highest BCUT2D eigenvalue weighted by Crippen LogP contribution is 2.13. The van der Waals surface area contributed by atoms with Crippen molar-refractivity contribution in [1.82, 2.24) is 21.3 Å². The Morgan fingerprint density at radius 3 is 1.90 bits per heavy atom. The number of ether oxygens (including phenoxy) is 1. The smallest absolute Gasteiger partial charge is 0.408 e. The summed E-state index contributed by atoms with van der Waals surface area (Å²) in [6.07, 6.45) is -7.70. The van der Waals surface area contributed by atoms with Crippen LogP contribution in [0.15, 0.2) is 0 Å². The lowest BCUT2D eigenvalue weighted by molar-refractivity contribution is -0.142. The van der Waals surface area contributed by atoms with Crippen molar-refractivity contribution in [3.63, 3.8) is 0 Å². The number of primary amides is 1. The molecule has 0 aliphatic heterocycles. The highest BCUT2D eigenvalue weighted by molar-refractivity contribution is 5.91. The summed E-state index contributed by atoms with van der Waals surface area (Å²) in [6, 6.07) is -5.55. The number of nitrogens with two attached hydrogens (primary N) is 1. The van der Waals surface area contributed by atoms with Crippen LogP contribution in [0.4, 0.5) is 4.79 Å². The normalized spacial score (nSPS) is 16.1. The Bertz CT molecular complexity index is 959. The molecule has 17 nitrogen and oxygen atoms in total. The fourth-order valence-electron chi connectivity index (χ4n) is 3.26. The van der Waals surface area contributed by atoms with E-state index in [1.165, 1.54) is 20.8 Å². The zero-order valence-electron chi connectivity index (χ0n) is 23.6. The van der Waals surface area contributed by atoms with Crippen molar-refractivity contribution in [3.05, 3.63) is 0 Å². The van der Waals surface area contributed by atoms with Gasteiger partial charge in [0, 0.05) is 12.3 Å². The van der Waals surface area contributed by atoms with E-state index >= 15 is 0 Å². The van der Waals surface area contributed by atoms with E-state index in [-0.39, 0.29) is 19.3 Å². The van der Waals surface area contributed by atoms with Gasteiger partial charge in [0.2, 0.25) is 23.6 Å². The number of carbonyl (C=O) groups excluding carboxylic acids is 6. The third-order valence-corrected chi connectivity index (χ3v) is 5.84. The molecule has 234 valence electrons. The first-order chi connectivity index (χ1) is 19.0. The summed E-state index contributed by atoms with van der Waals surface area (Å²) >= 11 is 0. The van der Waals surface area contributed by atoms with Crippen LogP contribution in [-0.4, -0.2) is 111 Å². The van der Waals surface area contributed by atoms with E-state index in [0.717, 1.165) is 6.92 Å². The fraction of sp³-hybridized carbons (Fsp3) is 0.708. The maximum atomic E-state index is 12.6. The molecule has 0 aromatic heterocycles. The maximum absolute atomic E-state index is 12.6. The quantitative estimate of drug-likeness (QED) is 0.0755.